The topological polar surface area (TPSA) is 75.6 Å². The SMILES string of the molecule is Cc1cccc(Nc2nncc(NCc3cccnc3)n2)c1. The molecule has 6 nitrogen and oxygen atoms in total. The van der Waals surface area contributed by atoms with Gasteiger partial charge in [0.25, 0.3) is 0 Å². The Labute approximate surface area is 128 Å². The van der Waals surface area contributed by atoms with E-state index in [0.29, 0.717) is 18.3 Å². The molecule has 0 saturated carbocycles. The number of anilines is 3. The number of pyridine rings is 1. The van der Waals surface area contributed by atoms with Crippen LogP contribution in [0.5, 0.6) is 0 Å². The summed E-state index contributed by atoms with van der Waals surface area (Å²) in [5.74, 6) is 1.12. The summed E-state index contributed by atoms with van der Waals surface area (Å²) in [6, 6.07) is 11.9. The molecule has 0 amide bonds. The van der Waals surface area contributed by atoms with Crippen molar-refractivity contribution < 1.29 is 0 Å². The van der Waals surface area contributed by atoms with Crippen LogP contribution in [-0.2, 0) is 6.54 Å². The normalized spacial score (nSPS) is 10.2. The second kappa shape index (κ2) is 6.62. The molecular weight excluding hydrogens is 276 g/mol. The zero-order valence-electron chi connectivity index (χ0n) is 12.2. The van der Waals surface area contributed by atoms with Gasteiger partial charge in [0.2, 0.25) is 5.95 Å². The van der Waals surface area contributed by atoms with Gasteiger partial charge in [-0.05, 0) is 36.2 Å². The van der Waals surface area contributed by atoms with Crippen LogP contribution in [0.2, 0.25) is 0 Å². The number of aryl methyl sites for hydroxylation is 1. The molecule has 6 heteroatoms. The van der Waals surface area contributed by atoms with E-state index in [1.54, 1.807) is 12.4 Å². The van der Waals surface area contributed by atoms with Gasteiger partial charge in [-0.3, -0.25) is 4.98 Å². The molecule has 0 atom stereocenters. The van der Waals surface area contributed by atoms with E-state index in [2.05, 4.69) is 30.8 Å². The van der Waals surface area contributed by atoms with Crippen molar-refractivity contribution in [3.05, 3.63) is 66.1 Å². The van der Waals surface area contributed by atoms with Crippen molar-refractivity contribution in [3.63, 3.8) is 0 Å². The number of rotatable bonds is 5. The lowest BCUT2D eigenvalue weighted by Gasteiger charge is -2.08. The molecule has 0 aliphatic heterocycles. The molecule has 2 heterocycles. The van der Waals surface area contributed by atoms with Crippen LogP contribution in [0, 0.1) is 6.92 Å². The lowest BCUT2D eigenvalue weighted by Crippen LogP contribution is -2.05. The summed E-state index contributed by atoms with van der Waals surface area (Å²) < 4.78 is 0. The number of hydrogen-bond acceptors (Lipinski definition) is 6. The first-order chi connectivity index (χ1) is 10.8. The van der Waals surface area contributed by atoms with E-state index in [1.807, 2.05) is 49.5 Å². The first-order valence-electron chi connectivity index (χ1n) is 6.96. The summed E-state index contributed by atoms with van der Waals surface area (Å²) in [4.78, 5) is 8.47. The molecule has 0 spiro atoms. The van der Waals surface area contributed by atoms with E-state index in [4.69, 9.17) is 0 Å². The fourth-order valence-electron chi connectivity index (χ4n) is 1.99. The maximum atomic E-state index is 4.40. The maximum Gasteiger partial charge on any atom is 0.249 e. The summed E-state index contributed by atoms with van der Waals surface area (Å²) in [6.07, 6.45) is 5.16. The maximum absolute atomic E-state index is 4.40. The predicted molar refractivity (Wildman–Crippen MR) is 85.9 cm³/mol. The van der Waals surface area contributed by atoms with Gasteiger partial charge in [-0.25, -0.2) is 0 Å². The van der Waals surface area contributed by atoms with E-state index >= 15 is 0 Å². The Morgan fingerprint density at radius 2 is 2.05 bits per heavy atom. The van der Waals surface area contributed by atoms with E-state index in [0.717, 1.165) is 11.3 Å². The Balaban J connectivity index is 1.67. The van der Waals surface area contributed by atoms with Crippen molar-refractivity contribution in [1.82, 2.24) is 20.2 Å². The van der Waals surface area contributed by atoms with E-state index < -0.39 is 0 Å². The zero-order valence-corrected chi connectivity index (χ0v) is 12.2. The van der Waals surface area contributed by atoms with Gasteiger partial charge < -0.3 is 10.6 Å². The standard InChI is InChI=1S/C16H16N6/c1-12-4-2-6-14(8-12)20-16-21-15(11-19-22-16)18-10-13-5-3-7-17-9-13/h2-9,11H,10H2,1H3,(H2,18,20,21,22). The van der Waals surface area contributed by atoms with Crippen LogP contribution in [-0.4, -0.2) is 20.2 Å². The van der Waals surface area contributed by atoms with Crippen molar-refractivity contribution in [2.45, 2.75) is 13.5 Å². The first kappa shape index (κ1) is 13.9. The second-order valence-corrected chi connectivity index (χ2v) is 4.87. The summed E-state index contributed by atoms with van der Waals surface area (Å²) in [6.45, 7) is 2.67. The van der Waals surface area contributed by atoms with E-state index in [1.165, 1.54) is 5.56 Å². The average Bonchev–Trinajstić information content (AvgIpc) is 2.54. The van der Waals surface area contributed by atoms with Crippen molar-refractivity contribution in [2.75, 3.05) is 10.6 Å². The summed E-state index contributed by atoms with van der Waals surface area (Å²) in [5.41, 5.74) is 3.18. The van der Waals surface area contributed by atoms with E-state index in [-0.39, 0.29) is 0 Å². The molecule has 2 N–H and O–H groups in total. The highest BCUT2D eigenvalue weighted by Crippen LogP contribution is 2.15. The Bertz CT molecular complexity index is 744. The Morgan fingerprint density at radius 1 is 1.09 bits per heavy atom. The fraction of sp³-hybridized carbons (Fsp3) is 0.125. The molecule has 3 rings (SSSR count). The van der Waals surface area contributed by atoms with Crippen LogP contribution in [0.1, 0.15) is 11.1 Å². The van der Waals surface area contributed by atoms with Crippen molar-refractivity contribution in [2.24, 2.45) is 0 Å². The van der Waals surface area contributed by atoms with Gasteiger partial charge in [-0.1, -0.05) is 18.2 Å². The quantitative estimate of drug-likeness (QED) is 0.753. The lowest BCUT2D eigenvalue weighted by atomic mass is 10.2. The van der Waals surface area contributed by atoms with Crippen LogP contribution in [0.4, 0.5) is 17.5 Å². The number of benzene rings is 1. The monoisotopic (exact) mass is 292 g/mol. The molecule has 0 saturated heterocycles. The van der Waals surface area contributed by atoms with Crippen molar-refractivity contribution in [1.29, 1.82) is 0 Å². The van der Waals surface area contributed by atoms with Gasteiger partial charge >= 0.3 is 0 Å². The highest BCUT2D eigenvalue weighted by Gasteiger charge is 2.02. The molecule has 0 aliphatic rings. The highest BCUT2D eigenvalue weighted by molar-refractivity contribution is 5.55. The average molecular weight is 292 g/mol. The largest absolute Gasteiger partial charge is 0.364 e. The number of aromatic nitrogens is 4. The van der Waals surface area contributed by atoms with Gasteiger partial charge in [0.05, 0.1) is 6.20 Å². The molecule has 2 aromatic heterocycles. The van der Waals surface area contributed by atoms with Crippen LogP contribution < -0.4 is 10.6 Å². The molecule has 3 aromatic rings. The Kier molecular flexibility index (Phi) is 4.20. The van der Waals surface area contributed by atoms with Crippen LogP contribution >= 0.6 is 0 Å². The Morgan fingerprint density at radius 3 is 2.86 bits per heavy atom. The van der Waals surface area contributed by atoms with E-state index in [9.17, 15) is 0 Å². The third kappa shape index (κ3) is 3.76. The zero-order chi connectivity index (χ0) is 15.2. The van der Waals surface area contributed by atoms with Crippen molar-refractivity contribution >= 4 is 17.5 Å². The molecule has 0 radical (unpaired) electrons. The number of nitrogens with zero attached hydrogens (tertiary/aromatic N) is 4. The summed E-state index contributed by atoms with van der Waals surface area (Å²) in [7, 11) is 0. The van der Waals surface area contributed by atoms with Gasteiger partial charge in [0.1, 0.15) is 0 Å². The number of nitrogens with one attached hydrogen (secondary N) is 2. The summed E-state index contributed by atoms with van der Waals surface area (Å²) in [5, 5.41) is 14.3. The molecule has 0 aliphatic carbocycles. The molecule has 22 heavy (non-hydrogen) atoms. The van der Waals surface area contributed by atoms with Gasteiger partial charge in [0.15, 0.2) is 5.82 Å². The van der Waals surface area contributed by atoms with Gasteiger partial charge in [-0.15, -0.1) is 5.10 Å². The van der Waals surface area contributed by atoms with Crippen LogP contribution in [0.3, 0.4) is 0 Å². The molecule has 0 unspecified atom stereocenters. The first-order valence-corrected chi connectivity index (χ1v) is 6.96. The molecule has 0 bridgehead atoms. The molecular formula is C16H16N6. The second-order valence-electron chi connectivity index (χ2n) is 4.87. The number of hydrogen-bond donors (Lipinski definition) is 2. The van der Waals surface area contributed by atoms with Crippen LogP contribution in [0.25, 0.3) is 0 Å². The minimum atomic E-state index is 0.460. The molecule has 110 valence electrons. The third-order valence-corrected chi connectivity index (χ3v) is 3.03. The minimum Gasteiger partial charge on any atom is -0.364 e. The molecule has 1 aromatic carbocycles. The van der Waals surface area contributed by atoms with Crippen LogP contribution in [0.15, 0.2) is 55.0 Å². The Hall–Kier alpha value is -3.02. The predicted octanol–water partition coefficient (Wildman–Crippen LogP) is 2.93. The smallest absolute Gasteiger partial charge is 0.249 e. The minimum absolute atomic E-state index is 0.460. The van der Waals surface area contributed by atoms with Crippen molar-refractivity contribution in [3.8, 4) is 0 Å². The third-order valence-electron chi connectivity index (χ3n) is 3.03. The van der Waals surface area contributed by atoms with Gasteiger partial charge in [-0.2, -0.15) is 10.1 Å². The highest BCUT2D eigenvalue weighted by atomic mass is 15.3. The fourth-order valence-corrected chi connectivity index (χ4v) is 1.99. The summed E-state index contributed by atoms with van der Waals surface area (Å²) >= 11 is 0. The molecule has 0 fully saturated rings. The lowest BCUT2D eigenvalue weighted by molar-refractivity contribution is 0.964. The van der Waals surface area contributed by atoms with Gasteiger partial charge in [0, 0.05) is 24.6 Å².